The molecule has 1 aliphatic rings. The van der Waals surface area contributed by atoms with Gasteiger partial charge in [-0.3, -0.25) is 9.69 Å². The smallest absolute Gasteiger partial charge is 0.285 e. The number of carbonyl (C=O) groups excluding carboxylic acids is 1. The highest BCUT2D eigenvalue weighted by Crippen LogP contribution is 2.35. The van der Waals surface area contributed by atoms with Gasteiger partial charge in [-0.2, -0.15) is 0 Å². The number of hydrogen-bond donors (Lipinski definition) is 0. The van der Waals surface area contributed by atoms with E-state index in [1.165, 1.54) is 0 Å². The lowest BCUT2D eigenvalue weighted by Crippen LogP contribution is -2.25. The largest absolute Gasteiger partial charge is 0.390 e. The average molecular weight is 342 g/mol. The molecule has 0 aliphatic carbocycles. The summed E-state index contributed by atoms with van der Waals surface area (Å²) in [5, 5.41) is 4.17. The molecule has 0 saturated carbocycles. The standard InChI is InChI=1S/C22H18N2O2/c1-16-8-7-9-17(14-16)15-26-23-21-19-12-5-6-13-20(19)24(22(21)25)18-10-3-2-4-11-18/h2-14H,15H2,1H3. The molecular weight excluding hydrogens is 324 g/mol. The predicted molar refractivity (Wildman–Crippen MR) is 103 cm³/mol. The van der Waals surface area contributed by atoms with E-state index in [9.17, 15) is 4.79 Å². The second-order valence-electron chi connectivity index (χ2n) is 6.20. The maximum atomic E-state index is 13.0. The number of benzene rings is 3. The third-order valence-electron chi connectivity index (χ3n) is 4.29. The Balaban J connectivity index is 1.63. The minimum atomic E-state index is -0.179. The van der Waals surface area contributed by atoms with Crippen LogP contribution in [0.4, 0.5) is 11.4 Å². The quantitative estimate of drug-likeness (QED) is 0.651. The number of oxime groups is 1. The molecule has 0 N–H and O–H groups in total. The molecule has 4 rings (SSSR count). The van der Waals surface area contributed by atoms with Crippen molar-refractivity contribution in [3.05, 3.63) is 95.6 Å². The predicted octanol–water partition coefficient (Wildman–Crippen LogP) is 4.59. The lowest BCUT2D eigenvalue weighted by atomic mass is 10.1. The highest BCUT2D eigenvalue weighted by molar-refractivity contribution is 6.55. The van der Waals surface area contributed by atoms with Crippen LogP contribution in [-0.2, 0) is 16.2 Å². The molecule has 0 unspecified atom stereocenters. The number of nitrogens with zero attached hydrogens (tertiary/aromatic N) is 2. The summed E-state index contributed by atoms with van der Waals surface area (Å²) in [6, 6.07) is 25.2. The number of aryl methyl sites for hydroxylation is 1. The zero-order valence-electron chi connectivity index (χ0n) is 14.4. The van der Waals surface area contributed by atoms with Gasteiger partial charge in [0.15, 0.2) is 5.71 Å². The summed E-state index contributed by atoms with van der Waals surface area (Å²) in [6.07, 6.45) is 0. The Kier molecular flexibility index (Phi) is 4.23. The zero-order chi connectivity index (χ0) is 17.9. The maximum absolute atomic E-state index is 13.0. The van der Waals surface area contributed by atoms with Crippen LogP contribution in [-0.4, -0.2) is 11.6 Å². The molecule has 26 heavy (non-hydrogen) atoms. The van der Waals surface area contributed by atoms with Gasteiger partial charge in [0.1, 0.15) is 6.61 Å². The zero-order valence-corrected chi connectivity index (χ0v) is 14.4. The molecule has 0 aromatic heterocycles. The van der Waals surface area contributed by atoms with E-state index in [1.807, 2.05) is 85.8 Å². The molecule has 0 spiro atoms. The number of hydrogen-bond acceptors (Lipinski definition) is 3. The number of amides is 1. The van der Waals surface area contributed by atoms with Gasteiger partial charge in [0.05, 0.1) is 5.69 Å². The first-order valence-corrected chi connectivity index (χ1v) is 8.48. The van der Waals surface area contributed by atoms with Crippen LogP contribution in [0.15, 0.2) is 84.0 Å². The summed E-state index contributed by atoms with van der Waals surface area (Å²) >= 11 is 0. The summed E-state index contributed by atoms with van der Waals surface area (Å²) in [5.74, 6) is -0.179. The molecule has 0 radical (unpaired) electrons. The van der Waals surface area contributed by atoms with Crippen LogP contribution in [0.2, 0.25) is 0 Å². The van der Waals surface area contributed by atoms with Gasteiger partial charge in [-0.15, -0.1) is 0 Å². The summed E-state index contributed by atoms with van der Waals surface area (Å²) in [4.78, 5) is 20.2. The Bertz CT molecular complexity index is 980. The maximum Gasteiger partial charge on any atom is 0.285 e. The van der Waals surface area contributed by atoms with Crippen LogP contribution in [0.1, 0.15) is 16.7 Å². The summed E-state index contributed by atoms with van der Waals surface area (Å²) in [7, 11) is 0. The molecule has 128 valence electrons. The Morgan fingerprint density at radius 3 is 2.50 bits per heavy atom. The SMILES string of the molecule is Cc1cccc(CON=C2C(=O)N(c3ccccc3)c3ccccc32)c1. The monoisotopic (exact) mass is 342 g/mol. The van der Waals surface area contributed by atoms with E-state index in [-0.39, 0.29) is 5.91 Å². The highest BCUT2D eigenvalue weighted by atomic mass is 16.6. The van der Waals surface area contributed by atoms with Crippen molar-refractivity contribution in [2.45, 2.75) is 13.5 Å². The van der Waals surface area contributed by atoms with Crippen molar-refractivity contribution in [3.63, 3.8) is 0 Å². The Morgan fingerprint density at radius 1 is 0.923 bits per heavy atom. The fourth-order valence-corrected chi connectivity index (χ4v) is 3.09. The lowest BCUT2D eigenvalue weighted by molar-refractivity contribution is -0.111. The van der Waals surface area contributed by atoms with E-state index in [0.717, 1.165) is 28.1 Å². The van der Waals surface area contributed by atoms with Gasteiger partial charge in [0, 0.05) is 11.3 Å². The van der Waals surface area contributed by atoms with Gasteiger partial charge in [-0.1, -0.05) is 71.4 Å². The molecule has 0 bridgehead atoms. The Hall–Kier alpha value is -3.40. The molecular formula is C22H18N2O2. The van der Waals surface area contributed by atoms with E-state index in [4.69, 9.17) is 4.84 Å². The summed E-state index contributed by atoms with van der Waals surface area (Å²) < 4.78 is 0. The van der Waals surface area contributed by atoms with Gasteiger partial charge in [0.25, 0.3) is 5.91 Å². The number of carbonyl (C=O) groups is 1. The first kappa shape index (κ1) is 16.1. The van der Waals surface area contributed by atoms with Crippen molar-refractivity contribution in [1.29, 1.82) is 0 Å². The van der Waals surface area contributed by atoms with Crippen molar-refractivity contribution in [3.8, 4) is 0 Å². The number of fused-ring (bicyclic) bond motifs is 1. The minimum absolute atomic E-state index is 0.179. The molecule has 3 aromatic carbocycles. The van der Waals surface area contributed by atoms with E-state index in [2.05, 4.69) is 5.16 Å². The third kappa shape index (κ3) is 2.97. The van der Waals surface area contributed by atoms with E-state index in [1.54, 1.807) is 4.90 Å². The van der Waals surface area contributed by atoms with E-state index < -0.39 is 0 Å². The molecule has 3 aromatic rings. The van der Waals surface area contributed by atoms with Crippen LogP contribution in [0, 0.1) is 6.92 Å². The molecule has 4 heteroatoms. The van der Waals surface area contributed by atoms with Crippen LogP contribution in [0.3, 0.4) is 0 Å². The lowest BCUT2D eigenvalue weighted by Gasteiger charge is -2.16. The molecule has 0 saturated heterocycles. The van der Waals surface area contributed by atoms with Crippen LogP contribution < -0.4 is 4.90 Å². The fraction of sp³-hybridized carbons (Fsp3) is 0.0909. The van der Waals surface area contributed by atoms with Crippen LogP contribution in [0.5, 0.6) is 0 Å². The Morgan fingerprint density at radius 2 is 1.69 bits per heavy atom. The van der Waals surface area contributed by atoms with Crippen molar-refractivity contribution in [1.82, 2.24) is 0 Å². The highest BCUT2D eigenvalue weighted by Gasteiger charge is 2.35. The van der Waals surface area contributed by atoms with Gasteiger partial charge < -0.3 is 4.84 Å². The van der Waals surface area contributed by atoms with Gasteiger partial charge in [0.2, 0.25) is 0 Å². The minimum Gasteiger partial charge on any atom is -0.390 e. The van der Waals surface area contributed by atoms with Crippen molar-refractivity contribution in [2.75, 3.05) is 4.90 Å². The Labute approximate surface area is 152 Å². The molecule has 0 fully saturated rings. The summed E-state index contributed by atoms with van der Waals surface area (Å²) in [5.41, 5.74) is 4.93. The fourth-order valence-electron chi connectivity index (χ4n) is 3.09. The molecule has 1 aliphatic heterocycles. The summed E-state index contributed by atoms with van der Waals surface area (Å²) in [6.45, 7) is 2.36. The second kappa shape index (κ2) is 6.84. The second-order valence-corrected chi connectivity index (χ2v) is 6.20. The average Bonchev–Trinajstić information content (AvgIpc) is 2.94. The normalized spacial score (nSPS) is 14.6. The van der Waals surface area contributed by atoms with Crippen LogP contribution in [0.25, 0.3) is 0 Å². The topological polar surface area (TPSA) is 41.9 Å². The molecule has 1 heterocycles. The first-order valence-electron chi connectivity index (χ1n) is 8.48. The number of rotatable bonds is 4. The van der Waals surface area contributed by atoms with Gasteiger partial charge in [-0.25, -0.2) is 0 Å². The van der Waals surface area contributed by atoms with Gasteiger partial charge in [-0.05, 0) is 30.7 Å². The first-order chi connectivity index (χ1) is 12.7. The van der Waals surface area contributed by atoms with Crippen molar-refractivity contribution < 1.29 is 9.63 Å². The number of para-hydroxylation sites is 2. The number of anilines is 2. The molecule has 1 amide bonds. The molecule has 0 atom stereocenters. The van der Waals surface area contributed by atoms with E-state index >= 15 is 0 Å². The van der Waals surface area contributed by atoms with E-state index in [0.29, 0.717) is 12.3 Å². The van der Waals surface area contributed by atoms with Gasteiger partial charge >= 0.3 is 0 Å². The molecule has 4 nitrogen and oxygen atoms in total. The third-order valence-corrected chi connectivity index (χ3v) is 4.29. The van der Waals surface area contributed by atoms with Crippen LogP contribution >= 0.6 is 0 Å². The van der Waals surface area contributed by atoms with Crippen molar-refractivity contribution >= 4 is 23.0 Å². The van der Waals surface area contributed by atoms with Crippen molar-refractivity contribution in [2.24, 2.45) is 5.16 Å².